The number of amides is 1. The summed E-state index contributed by atoms with van der Waals surface area (Å²) in [6.07, 6.45) is 2.63. The number of anilines is 1. The third kappa shape index (κ3) is 2.23. The Balaban J connectivity index is 2.15. The first-order valence-corrected chi connectivity index (χ1v) is 6.61. The van der Waals surface area contributed by atoms with E-state index in [1.807, 2.05) is 35.4 Å². The van der Waals surface area contributed by atoms with E-state index in [1.54, 1.807) is 11.8 Å². The van der Waals surface area contributed by atoms with Crippen LogP contribution >= 0.6 is 11.8 Å². The summed E-state index contributed by atoms with van der Waals surface area (Å²) in [6.45, 7) is 1.35. The zero-order chi connectivity index (χ0) is 11.5. The van der Waals surface area contributed by atoms with Gasteiger partial charge in [-0.1, -0.05) is 0 Å². The highest BCUT2D eigenvalue weighted by atomic mass is 32.2. The van der Waals surface area contributed by atoms with Crippen molar-refractivity contribution in [1.82, 2.24) is 0 Å². The van der Waals surface area contributed by atoms with Crippen LogP contribution in [-0.4, -0.2) is 25.3 Å². The van der Waals surface area contributed by atoms with E-state index in [0.717, 1.165) is 12.2 Å². The Kier molecular flexibility index (Phi) is 3.51. The van der Waals surface area contributed by atoms with Crippen molar-refractivity contribution in [3.63, 3.8) is 0 Å². The summed E-state index contributed by atoms with van der Waals surface area (Å²) in [4.78, 5) is 14.8. The van der Waals surface area contributed by atoms with Gasteiger partial charge in [0.25, 0.3) is 0 Å². The van der Waals surface area contributed by atoms with Gasteiger partial charge < -0.3 is 10.6 Å². The molecular formula is C12H16N2OS. The van der Waals surface area contributed by atoms with Crippen LogP contribution in [0, 0.1) is 5.92 Å². The first-order valence-electron chi connectivity index (χ1n) is 5.39. The molecule has 1 amide bonds. The maximum absolute atomic E-state index is 11.8. The minimum atomic E-state index is 0.187. The molecule has 16 heavy (non-hydrogen) atoms. The van der Waals surface area contributed by atoms with Crippen molar-refractivity contribution in [1.29, 1.82) is 0 Å². The molecular weight excluding hydrogens is 220 g/mol. The summed E-state index contributed by atoms with van der Waals surface area (Å²) in [5, 5.41) is 0. The van der Waals surface area contributed by atoms with E-state index < -0.39 is 0 Å². The summed E-state index contributed by atoms with van der Waals surface area (Å²) < 4.78 is 0. The van der Waals surface area contributed by atoms with Crippen LogP contribution in [0.3, 0.4) is 0 Å². The lowest BCUT2D eigenvalue weighted by atomic mass is 10.1. The summed E-state index contributed by atoms with van der Waals surface area (Å²) in [5.74, 6) is 0.500. The number of benzene rings is 1. The van der Waals surface area contributed by atoms with Crippen LogP contribution in [0.4, 0.5) is 5.69 Å². The van der Waals surface area contributed by atoms with E-state index in [0.29, 0.717) is 18.9 Å². The molecule has 3 nitrogen and oxygen atoms in total. The molecule has 2 rings (SSSR count). The van der Waals surface area contributed by atoms with E-state index in [2.05, 4.69) is 0 Å². The lowest BCUT2D eigenvalue weighted by Crippen LogP contribution is -2.25. The minimum absolute atomic E-state index is 0.187. The molecule has 1 atom stereocenters. The van der Waals surface area contributed by atoms with Gasteiger partial charge in [0, 0.05) is 23.5 Å². The van der Waals surface area contributed by atoms with Gasteiger partial charge in [-0.2, -0.15) is 0 Å². The van der Waals surface area contributed by atoms with Gasteiger partial charge in [-0.25, -0.2) is 0 Å². The molecule has 0 bridgehead atoms. The van der Waals surface area contributed by atoms with Crippen molar-refractivity contribution >= 4 is 23.4 Å². The lowest BCUT2D eigenvalue weighted by molar-refractivity contribution is -0.117. The number of nitrogens with two attached hydrogens (primary N) is 1. The van der Waals surface area contributed by atoms with E-state index in [9.17, 15) is 4.79 Å². The van der Waals surface area contributed by atoms with Gasteiger partial charge in [-0.15, -0.1) is 11.8 Å². The standard InChI is InChI=1S/C12H16N2OS/c1-16-11-4-2-10(3-5-11)14-8-9(7-13)6-12(14)15/h2-5,9H,6-8,13H2,1H3. The Bertz CT molecular complexity index is 377. The van der Waals surface area contributed by atoms with Crippen LogP contribution in [0.15, 0.2) is 29.2 Å². The van der Waals surface area contributed by atoms with Crippen molar-refractivity contribution in [3.8, 4) is 0 Å². The van der Waals surface area contributed by atoms with Crippen molar-refractivity contribution in [3.05, 3.63) is 24.3 Å². The Morgan fingerprint density at radius 1 is 1.44 bits per heavy atom. The number of nitrogens with zero attached hydrogens (tertiary/aromatic N) is 1. The topological polar surface area (TPSA) is 46.3 Å². The summed E-state index contributed by atoms with van der Waals surface area (Å²) >= 11 is 1.70. The maximum atomic E-state index is 11.8. The molecule has 1 saturated heterocycles. The quantitative estimate of drug-likeness (QED) is 0.813. The van der Waals surface area contributed by atoms with Crippen LogP contribution < -0.4 is 10.6 Å². The second kappa shape index (κ2) is 4.89. The molecule has 1 heterocycles. The summed E-state index contributed by atoms with van der Waals surface area (Å²) in [5.41, 5.74) is 6.58. The molecule has 0 saturated carbocycles. The predicted molar refractivity (Wildman–Crippen MR) is 67.7 cm³/mol. The minimum Gasteiger partial charge on any atom is -0.330 e. The number of thioether (sulfide) groups is 1. The Morgan fingerprint density at radius 2 is 2.12 bits per heavy atom. The SMILES string of the molecule is CSc1ccc(N2CC(CN)CC2=O)cc1. The molecule has 0 aromatic heterocycles. The highest BCUT2D eigenvalue weighted by Crippen LogP contribution is 2.26. The third-order valence-corrected chi connectivity index (χ3v) is 3.67. The van der Waals surface area contributed by atoms with Gasteiger partial charge >= 0.3 is 0 Å². The van der Waals surface area contributed by atoms with Crippen molar-refractivity contribution in [2.75, 3.05) is 24.2 Å². The van der Waals surface area contributed by atoms with Gasteiger partial charge in [0.1, 0.15) is 0 Å². The molecule has 0 aliphatic carbocycles. The largest absolute Gasteiger partial charge is 0.330 e. The lowest BCUT2D eigenvalue weighted by Gasteiger charge is -2.16. The van der Waals surface area contributed by atoms with Gasteiger partial charge in [-0.3, -0.25) is 4.79 Å². The summed E-state index contributed by atoms with van der Waals surface area (Å²) in [7, 11) is 0. The normalized spacial score (nSPS) is 20.5. The van der Waals surface area contributed by atoms with Crippen LogP contribution in [-0.2, 0) is 4.79 Å². The number of rotatable bonds is 3. The van der Waals surface area contributed by atoms with Crippen LogP contribution in [0.2, 0.25) is 0 Å². The Labute approximate surface area is 100.0 Å². The molecule has 1 fully saturated rings. The molecule has 4 heteroatoms. The fourth-order valence-corrected chi connectivity index (χ4v) is 2.36. The van der Waals surface area contributed by atoms with Gasteiger partial charge in [0.05, 0.1) is 0 Å². The monoisotopic (exact) mass is 236 g/mol. The van der Waals surface area contributed by atoms with Crippen molar-refractivity contribution in [2.24, 2.45) is 11.7 Å². The van der Waals surface area contributed by atoms with Crippen molar-refractivity contribution < 1.29 is 4.79 Å². The van der Waals surface area contributed by atoms with Gasteiger partial charge in [-0.05, 0) is 43.0 Å². The van der Waals surface area contributed by atoms with E-state index >= 15 is 0 Å². The Morgan fingerprint density at radius 3 is 2.62 bits per heavy atom. The number of hydrogen-bond donors (Lipinski definition) is 1. The van der Waals surface area contributed by atoms with Crippen LogP contribution in [0.5, 0.6) is 0 Å². The second-order valence-electron chi connectivity index (χ2n) is 4.01. The molecule has 1 aliphatic rings. The van der Waals surface area contributed by atoms with E-state index in [1.165, 1.54) is 4.90 Å². The predicted octanol–water partition coefficient (Wildman–Crippen LogP) is 1.72. The van der Waals surface area contributed by atoms with Crippen LogP contribution in [0.25, 0.3) is 0 Å². The third-order valence-electron chi connectivity index (χ3n) is 2.92. The molecule has 1 aromatic rings. The highest BCUT2D eigenvalue weighted by Gasteiger charge is 2.29. The average Bonchev–Trinajstić information content (AvgIpc) is 2.71. The molecule has 86 valence electrons. The Hall–Kier alpha value is -1.00. The molecule has 2 N–H and O–H groups in total. The average molecular weight is 236 g/mol. The number of carbonyl (C=O) groups is 1. The fraction of sp³-hybridized carbons (Fsp3) is 0.417. The van der Waals surface area contributed by atoms with Crippen molar-refractivity contribution in [2.45, 2.75) is 11.3 Å². The summed E-state index contributed by atoms with van der Waals surface area (Å²) in [6, 6.07) is 8.09. The zero-order valence-corrected chi connectivity index (χ0v) is 10.2. The first-order chi connectivity index (χ1) is 7.74. The van der Waals surface area contributed by atoms with Gasteiger partial charge in [0.15, 0.2) is 0 Å². The molecule has 0 radical (unpaired) electrons. The first kappa shape index (κ1) is 11.5. The molecule has 1 aromatic carbocycles. The van der Waals surface area contributed by atoms with E-state index in [4.69, 9.17) is 5.73 Å². The number of carbonyl (C=O) groups excluding carboxylic acids is 1. The zero-order valence-electron chi connectivity index (χ0n) is 9.35. The van der Waals surface area contributed by atoms with E-state index in [-0.39, 0.29) is 5.91 Å². The maximum Gasteiger partial charge on any atom is 0.227 e. The van der Waals surface area contributed by atoms with Crippen LogP contribution in [0.1, 0.15) is 6.42 Å². The highest BCUT2D eigenvalue weighted by molar-refractivity contribution is 7.98. The smallest absolute Gasteiger partial charge is 0.227 e. The molecule has 1 unspecified atom stereocenters. The number of hydrogen-bond acceptors (Lipinski definition) is 3. The molecule has 1 aliphatic heterocycles. The fourth-order valence-electron chi connectivity index (χ4n) is 1.95. The second-order valence-corrected chi connectivity index (χ2v) is 4.89. The molecule has 0 spiro atoms. The van der Waals surface area contributed by atoms with Gasteiger partial charge in [0.2, 0.25) is 5.91 Å².